The molecule has 5 nitrogen and oxygen atoms in total. The molecule has 1 saturated heterocycles. The summed E-state index contributed by atoms with van der Waals surface area (Å²) in [6.45, 7) is 4.55. The highest BCUT2D eigenvalue weighted by Gasteiger charge is 2.40. The van der Waals surface area contributed by atoms with Crippen molar-refractivity contribution in [3.05, 3.63) is 35.9 Å². The van der Waals surface area contributed by atoms with Gasteiger partial charge in [-0.05, 0) is 19.5 Å². The SMILES string of the molecule is CN1CCO[C@@](C)(C(=O)N(CCO)Cc2ccccc2)C1. The number of ether oxygens (including phenoxy) is 1. The van der Waals surface area contributed by atoms with Gasteiger partial charge in [-0.25, -0.2) is 0 Å². The highest BCUT2D eigenvalue weighted by atomic mass is 16.5. The fourth-order valence-electron chi connectivity index (χ4n) is 2.71. The summed E-state index contributed by atoms with van der Waals surface area (Å²) in [6, 6.07) is 9.80. The normalized spacial score (nSPS) is 23.0. The van der Waals surface area contributed by atoms with Gasteiger partial charge < -0.3 is 19.6 Å². The molecule has 1 aliphatic rings. The molecule has 1 fully saturated rings. The first-order valence-corrected chi connectivity index (χ1v) is 7.32. The zero-order chi connectivity index (χ0) is 15.3. The van der Waals surface area contributed by atoms with Crippen LogP contribution in [0.1, 0.15) is 12.5 Å². The minimum Gasteiger partial charge on any atom is -0.395 e. The lowest BCUT2D eigenvalue weighted by Gasteiger charge is -2.40. The molecule has 0 spiro atoms. The second-order valence-electron chi connectivity index (χ2n) is 5.75. The van der Waals surface area contributed by atoms with Gasteiger partial charge in [0.25, 0.3) is 5.91 Å². The predicted molar refractivity (Wildman–Crippen MR) is 80.8 cm³/mol. The summed E-state index contributed by atoms with van der Waals surface area (Å²) >= 11 is 0. The highest BCUT2D eigenvalue weighted by Crippen LogP contribution is 2.21. The molecule has 5 heteroatoms. The van der Waals surface area contributed by atoms with Gasteiger partial charge in [0.15, 0.2) is 5.60 Å². The average molecular weight is 292 g/mol. The predicted octanol–water partition coefficient (Wildman–Crippen LogP) is 0.728. The molecule has 0 saturated carbocycles. The molecule has 1 aliphatic heterocycles. The van der Waals surface area contributed by atoms with Crippen molar-refractivity contribution in [1.82, 2.24) is 9.80 Å². The van der Waals surface area contributed by atoms with Gasteiger partial charge in [-0.3, -0.25) is 4.79 Å². The molecule has 0 radical (unpaired) electrons. The second-order valence-corrected chi connectivity index (χ2v) is 5.75. The van der Waals surface area contributed by atoms with Crippen molar-refractivity contribution in [3.63, 3.8) is 0 Å². The van der Waals surface area contributed by atoms with E-state index in [0.29, 0.717) is 26.2 Å². The van der Waals surface area contributed by atoms with Crippen LogP contribution in [0, 0.1) is 0 Å². The van der Waals surface area contributed by atoms with E-state index in [9.17, 15) is 9.90 Å². The van der Waals surface area contributed by atoms with Gasteiger partial charge in [0, 0.05) is 26.2 Å². The van der Waals surface area contributed by atoms with Crippen LogP contribution < -0.4 is 0 Å². The van der Waals surface area contributed by atoms with Crippen LogP contribution >= 0.6 is 0 Å². The second kappa shape index (κ2) is 7.02. The summed E-state index contributed by atoms with van der Waals surface area (Å²) in [5.41, 5.74) is 0.212. The first-order chi connectivity index (χ1) is 10.0. The number of aliphatic hydroxyl groups is 1. The molecular formula is C16H24N2O3. The number of morpholine rings is 1. The third-order valence-corrected chi connectivity index (χ3v) is 3.79. The molecule has 2 rings (SSSR count). The van der Waals surface area contributed by atoms with Gasteiger partial charge in [-0.1, -0.05) is 30.3 Å². The number of hydrogen-bond donors (Lipinski definition) is 1. The fourth-order valence-corrected chi connectivity index (χ4v) is 2.71. The molecule has 21 heavy (non-hydrogen) atoms. The maximum atomic E-state index is 12.8. The third kappa shape index (κ3) is 4.03. The van der Waals surface area contributed by atoms with E-state index in [-0.39, 0.29) is 12.5 Å². The number of hydrogen-bond acceptors (Lipinski definition) is 4. The Labute approximate surface area is 126 Å². The van der Waals surface area contributed by atoms with E-state index in [4.69, 9.17) is 4.74 Å². The highest BCUT2D eigenvalue weighted by molar-refractivity contribution is 5.85. The quantitative estimate of drug-likeness (QED) is 0.869. The van der Waals surface area contributed by atoms with E-state index in [1.54, 1.807) is 4.90 Å². The van der Waals surface area contributed by atoms with Crippen molar-refractivity contribution in [2.24, 2.45) is 0 Å². The van der Waals surface area contributed by atoms with Gasteiger partial charge in [0.1, 0.15) is 0 Å². The Balaban J connectivity index is 2.11. The standard InChI is InChI=1S/C16H24N2O3/c1-16(13-17(2)9-11-21-16)15(20)18(8-10-19)12-14-6-4-3-5-7-14/h3-7,19H,8-13H2,1-2H3/t16-/m1/s1. The van der Waals surface area contributed by atoms with Crippen molar-refractivity contribution < 1.29 is 14.6 Å². The Bertz CT molecular complexity index is 466. The van der Waals surface area contributed by atoms with Gasteiger partial charge >= 0.3 is 0 Å². The summed E-state index contributed by atoms with van der Waals surface area (Å²) in [5, 5.41) is 9.25. The molecule has 1 N–H and O–H groups in total. The minimum absolute atomic E-state index is 0.0511. The molecule has 1 aromatic rings. The van der Waals surface area contributed by atoms with Crippen molar-refractivity contribution in [2.75, 3.05) is 39.9 Å². The van der Waals surface area contributed by atoms with Crippen molar-refractivity contribution in [2.45, 2.75) is 19.1 Å². The van der Waals surface area contributed by atoms with Crippen molar-refractivity contribution >= 4 is 5.91 Å². The fraction of sp³-hybridized carbons (Fsp3) is 0.562. The van der Waals surface area contributed by atoms with Gasteiger partial charge in [-0.15, -0.1) is 0 Å². The largest absolute Gasteiger partial charge is 0.395 e. The van der Waals surface area contributed by atoms with Crippen LogP contribution in [0.5, 0.6) is 0 Å². The number of aliphatic hydroxyl groups excluding tert-OH is 1. The zero-order valence-corrected chi connectivity index (χ0v) is 12.8. The lowest BCUT2D eigenvalue weighted by Crippen LogP contribution is -2.58. The van der Waals surface area contributed by atoms with Crippen LogP contribution in [0.2, 0.25) is 0 Å². The summed E-state index contributed by atoms with van der Waals surface area (Å²) in [7, 11) is 1.99. The molecule has 0 aliphatic carbocycles. The Morgan fingerprint density at radius 1 is 1.43 bits per heavy atom. The van der Waals surface area contributed by atoms with Gasteiger partial charge in [-0.2, -0.15) is 0 Å². The van der Waals surface area contributed by atoms with Crippen LogP contribution in [0.3, 0.4) is 0 Å². The Hall–Kier alpha value is -1.43. The zero-order valence-electron chi connectivity index (χ0n) is 12.8. The number of amides is 1. The Kier molecular flexibility index (Phi) is 5.33. The molecule has 0 bridgehead atoms. The monoisotopic (exact) mass is 292 g/mol. The molecule has 0 aromatic heterocycles. The van der Waals surface area contributed by atoms with Crippen LogP contribution in [0.4, 0.5) is 0 Å². The first kappa shape index (κ1) is 15.9. The number of benzene rings is 1. The maximum Gasteiger partial charge on any atom is 0.256 e. The molecule has 1 aromatic carbocycles. The van der Waals surface area contributed by atoms with E-state index >= 15 is 0 Å². The van der Waals surface area contributed by atoms with Crippen molar-refractivity contribution in [1.29, 1.82) is 0 Å². The number of likely N-dealkylation sites (N-methyl/N-ethyl adjacent to an activating group) is 1. The molecule has 116 valence electrons. The van der Waals surface area contributed by atoms with E-state index in [1.807, 2.05) is 44.3 Å². The maximum absolute atomic E-state index is 12.8. The lowest BCUT2D eigenvalue weighted by atomic mass is 10.0. The molecule has 1 heterocycles. The molecule has 0 unspecified atom stereocenters. The summed E-state index contributed by atoms with van der Waals surface area (Å²) in [5.74, 6) is -0.0630. The van der Waals surface area contributed by atoms with Gasteiger partial charge in [0.05, 0.1) is 13.2 Å². The third-order valence-electron chi connectivity index (χ3n) is 3.79. The van der Waals surface area contributed by atoms with E-state index in [1.165, 1.54) is 0 Å². The lowest BCUT2D eigenvalue weighted by molar-refractivity contribution is -0.167. The van der Waals surface area contributed by atoms with Crippen LogP contribution in [0.25, 0.3) is 0 Å². The number of carbonyl (C=O) groups excluding carboxylic acids is 1. The topological polar surface area (TPSA) is 53.0 Å². The molecule has 1 atom stereocenters. The molecule has 1 amide bonds. The van der Waals surface area contributed by atoms with Crippen LogP contribution in [-0.4, -0.2) is 66.3 Å². The van der Waals surface area contributed by atoms with E-state index in [2.05, 4.69) is 4.90 Å². The Morgan fingerprint density at radius 2 is 2.14 bits per heavy atom. The molecular weight excluding hydrogens is 268 g/mol. The van der Waals surface area contributed by atoms with Crippen LogP contribution in [0.15, 0.2) is 30.3 Å². The van der Waals surface area contributed by atoms with Crippen LogP contribution in [-0.2, 0) is 16.1 Å². The van der Waals surface area contributed by atoms with E-state index < -0.39 is 5.60 Å². The summed E-state index contributed by atoms with van der Waals surface area (Å²) in [6.07, 6.45) is 0. The van der Waals surface area contributed by atoms with Gasteiger partial charge in [0.2, 0.25) is 0 Å². The van der Waals surface area contributed by atoms with Crippen molar-refractivity contribution in [3.8, 4) is 0 Å². The summed E-state index contributed by atoms with van der Waals surface area (Å²) < 4.78 is 5.75. The van der Waals surface area contributed by atoms with E-state index in [0.717, 1.165) is 12.1 Å². The number of rotatable bonds is 5. The number of carbonyl (C=O) groups is 1. The Morgan fingerprint density at radius 3 is 2.76 bits per heavy atom. The minimum atomic E-state index is -0.836. The average Bonchev–Trinajstić information content (AvgIpc) is 2.47. The summed E-state index contributed by atoms with van der Waals surface area (Å²) in [4.78, 5) is 16.6. The first-order valence-electron chi connectivity index (χ1n) is 7.32. The number of nitrogens with zero attached hydrogens (tertiary/aromatic N) is 2. The smallest absolute Gasteiger partial charge is 0.256 e.